The van der Waals surface area contributed by atoms with Gasteiger partial charge in [0.25, 0.3) is 0 Å². The number of hydrogen-bond acceptors (Lipinski definition) is 7. The van der Waals surface area contributed by atoms with Crippen molar-refractivity contribution in [3.63, 3.8) is 0 Å². The van der Waals surface area contributed by atoms with E-state index in [2.05, 4.69) is 13.8 Å². The highest BCUT2D eigenvalue weighted by molar-refractivity contribution is 6.01. The highest BCUT2D eigenvalue weighted by Crippen LogP contribution is 2.66. The van der Waals surface area contributed by atoms with E-state index < -0.39 is 18.0 Å². The van der Waals surface area contributed by atoms with Crippen molar-refractivity contribution in [1.29, 1.82) is 0 Å². The number of carbonyl (C=O) groups is 4. The molecule has 0 heterocycles. The number of ketones is 2. The van der Waals surface area contributed by atoms with Crippen molar-refractivity contribution in [3.05, 3.63) is 95.1 Å². The van der Waals surface area contributed by atoms with E-state index in [0.29, 0.717) is 18.4 Å². The SMILES string of the molecule is C[C@]12C=CC(=O)C=C1CC[C@@H]1C2[C@@H](O)C[C@@]2(C)C1CC[C@@H]2C(=O)COC(=O)c1ccc(C(=O)OCc2ccccc2)cc1. The molecule has 0 aromatic heterocycles. The Hall–Kier alpha value is -3.84. The fourth-order valence-electron chi connectivity index (χ4n) is 8.72. The van der Waals surface area contributed by atoms with E-state index in [1.165, 1.54) is 24.3 Å². The minimum Gasteiger partial charge on any atom is -0.457 e. The van der Waals surface area contributed by atoms with Crippen LogP contribution in [-0.4, -0.2) is 41.3 Å². The Kier molecular flexibility index (Phi) is 7.71. The van der Waals surface area contributed by atoms with E-state index in [9.17, 15) is 24.3 Å². The van der Waals surface area contributed by atoms with Gasteiger partial charge in [-0.05, 0) is 91.3 Å². The number of aliphatic hydroxyl groups is 1. The van der Waals surface area contributed by atoms with Crippen LogP contribution in [0, 0.1) is 34.5 Å². The molecular formula is C36H38O7. The summed E-state index contributed by atoms with van der Waals surface area (Å²) in [6, 6.07) is 15.4. The molecule has 4 aliphatic rings. The highest BCUT2D eigenvalue weighted by Gasteiger charge is 2.62. The molecule has 0 bridgehead atoms. The van der Waals surface area contributed by atoms with Crippen LogP contribution in [0.1, 0.15) is 72.2 Å². The van der Waals surface area contributed by atoms with E-state index >= 15 is 0 Å². The topological polar surface area (TPSA) is 107 Å². The number of allylic oxidation sites excluding steroid dienone is 4. The fourth-order valence-corrected chi connectivity index (χ4v) is 8.72. The monoisotopic (exact) mass is 582 g/mol. The predicted molar refractivity (Wildman–Crippen MR) is 159 cm³/mol. The molecule has 3 fully saturated rings. The molecule has 7 atom stereocenters. The van der Waals surface area contributed by atoms with Crippen molar-refractivity contribution in [1.82, 2.24) is 0 Å². The Morgan fingerprint density at radius 3 is 2.28 bits per heavy atom. The second-order valence-corrected chi connectivity index (χ2v) is 13.1. The Morgan fingerprint density at radius 2 is 1.58 bits per heavy atom. The molecule has 0 spiro atoms. The molecule has 0 saturated heterocycles. The number of carbonyl (C=O) groups excluding carboxylic acids is 4. The van der Waals surface area contributed by atoms with Gasteiger partial charge in [-0.3, -0.25) is 9.59 Å². The number of esters is 2. The third-order valence-electron chi connectivity index (χ3n) is 10.8. The summed E-state index contributed by atoms with van der Waals surface area (Å²) in [5, 5.41) is 11.5. The van der Waals surface area contributed by atoms with Crippen molar-refractivity contribution < 1.29 is 33.8 Å². The van der Waals surface area contributed by atoms with Crippen molar-refractivity contribution in [3.8, 4) is 0 Å². The minimum absolute atomic E-state index is 0.0134. The van der Waals surface area contributed by atoms with Crippen molar-refractivity contribution in [2.45, 2.75) is 58.7 Å². The van der Waals surface area contributed by atoms with Gasteiger partial charge >= 0.3 is 11.9 Å². The van der Waals surface area contributed by atoms with Crippen molar-refractivity contribution >= 4 is 23.5 Å². The van der Waals surface area contributed by atoms with Crippen molar-refractivity contribution in [2.75, 3.05) is 6.61 Å². The summed E-state index contributed by atoms with van der Waals surface area (Å²) >= 11 is 0. The lowest BCUT2D eigenvalue weighted by molar-refractivity contribution is -0.141. The molecule has 224 valence electrons. The summed E-state index contributed by atoms with van der Waals surface area (Å²) in [6.45, 7) is 4.09. The summed E-state index contributed by atoms with van der Waals surface area (Å²) in [6.07, 6.45) is 8.62. The van der Waals surface area contributed by atoms with Crippen LogP contribution < -0.4 is 0 Å². The number of rotatable bonds is 7. The summed E-state index contributed by atoms with van der Waals surface area (Å²) in [5.74, 6) is -0.964. The molecule has 7 heteroatoms. The first-order valence-corrected chi connectivity index (χ1v) is 15.2. The van der Waals surface area contributed by atoms with E-state index in [1.54, 1.807) is 12.2 Å². The second-order valence-electron chi connectivity index (χ2n) is 13.1. The smallest absolute Gasteiger partial charge is 0.338 e. The molecular weight excluding hydrogens is 544 g/mol. The zero-order valence-corrected chi connectivity index (χ0v) is 24.7. The van der Waals surface area contributed by atoms with Crippen LogP contribution in [0.25, 0.3) is 0 Å². The average molecular weight is 583 g/mol. The van der Waals surface area contributed by atoms with Gasteiger partial charge in [0.1, 0.15) is 6.61 Å². The predicted octanol–water partition coefficient (Wildman–Crippen LogP) is 5.66. The van der Waals surface area contributed by atoms with Crippen LogP contribution in [0.3, 0.4) is 0 Å². The Labute approximate surface area is 252 Å². The van der Waals surface area contributed by atoms with Gasteiger partial charge in [-0.1, -0.05) is 55.8 Å². The maximum atomic E-state index is 13.5. The van der Waals surface area contributed by atoms with Gasteiger partial charge in [-0.2, -0.15) is 0 Å². The maximum Gasteiger partial charge on any atom is 0.338 e. The summed E-state index contributed by atoms with van der Waals surface area (Å²) < 4.78 is 10.8. The van der Waals surface area contributed by atoms with Gasteiger partial charge in [0.05, 0.1) is 17.2 Å². The number of hydrogen-bond donors (Lipinski definition) is 1. The molecule has 1 N–H and O–H groups in total. The molecule has 0 amide bonds. The van der Waals surface area contributed by atoms with Gasteiger partial charge in [-0.15, -0.1) is 0 Å². The first kappa shape index (κ1) is 29.2. The average Bonchev–Trinajstić information content (AvgIpc) is 3.35. The molecule has 2 aromatic rings. The van der Waals surface area contributed by atoms with E-state index in [-0.39, 0.29) is 64.8 Å². The van der Waals surface area contributed by atoms with E-state index in [4.69, 9.17) is 9.47 Å². The van der Waals surface area contributed by atoms with Gasteiger partial charge in [0.2, 0.25) is 0 Å². The molecule has 43 heavy (non-hydrogen) atoms. The summed E-state index contributed by atoms with van der Waals surface area (Å²) in [4.78, 5) is 50.7. The molecule has 3 saturated carbocycles. The maximum absolute atomic E-state index is 13.5. The fraction of sp³-hybridized carbons (Fsp3) is 0.444. The molecule has 6 rings (SSSR count). The first-order valence-electron chi connectivity index (χ1n) is 15.2. The lowest BCUT2D eigenvalue weighted by Crippen LogP contribution is -2.56. The minimum atomic E-state index is -0.626. The van der Waals surface area contributed by atoms with Gasteiger partial charge in [0.15, 0.2) is 18.2 Å². The largest absolute Gasteiger partial charge is 0.457 e. The summed E-state index contributed by atoms with van der Waals surface area (Å²) in [7, 11) is 0. The molecule has 2 unspecified atom stereocenters. The zero-order chi connectivity index (χ0) is 30.4. The van der Waals surface area contributed by atoms with Crippen LogP contribution in [0.4, 0.5) is 0 Å². The van der Waals surface area contributed by atoms with Crippen LogP contribution in [0.15, 0.2) is 78.4 Å². The second kappa shape index (κ2) is 11.3. The van der Waals surface area contributed by atoms with E-state index in [0.717, 1.165) is 30.4 Å². The Bertz CT molecular complexity index is 1490. The number of aliphatic hydroxyl groups excluding tert-OH is 1. The van der Waals surface area contributed by atoms with Gasteiger partial charge in [-0.25, -0.2) is 9.59 Å². The normalized spacial score (nSPS) is 32.6. The molecule has 4 aliphatic carbocycles. The third kappa shape index (κ3) is 5.29. The highest BCUT2D eigenvalue weighted by atomic mass is 16.5. The summed E-state index contributed by atoms with van der Waals surface area (Å²) in [5.41, 5.74) is 1.83. The lowest BCUT2D eigenvalue weighted by Gasteiger charge is -2.58. The zero-order valence-electron chi connectivity index (χ0n) is 24.7. The van der Waals surface area contributed by atoms with Crippen molar-refractivity contribution in [2.24, 2.45) is 34.5 Å². The molecule has 0 aliphatic heterocycles. The number of Topliss-reactive ketones (excluding diaryl/α,β-unsaturated/α-hetero) is 1. The number of benzene rings is 2. The number of fused-ring (bicyclic) bond motifs is 5. The standard InChI is InChI=1S/C36H38O7/c1-35-17-16-26(37)18-25(35)12-13-27-28-14-15-29(36(28,2)19-30(38)32(27)35)31(39)21-43-34(41)24-10-8-23(9-11-24)33(40)42-20-22-6-4-3-5-7-22/h3-11,16-18,27-30,32,38H,12-15,19-21H2,1-2H3/t27-,28?,29+,30-,32?,35-,36-/m0/s1. The molecule has 0 radical (unpaired) electrons. The van der Waals surface area contributed by atoms with Crippen LogP contribution in [-0.2, 0) is 25.7 Å². The van der Waals surface area contributed by atoms with Gasteiger partial charge < -0.3 is 14.6 Å². The van der Waals surface area contributed by atoms with Crippen LogP contribution in [0.5, 0.6) is 0 Å². The quantitative estimate of drug-likeness (QED) is 0.420. The lowest BCUT2D eigenvalue weighted by atomic mass is 9.46. The van der Waals surface area contributed by atoms with E-state index in [1.807, 2.05) is 36.4 Å². The number of ether oxygens (including phenoxy) is 2. The van der Waals surface area contributed by atoms with Crippen LogP contribution >= 0.6 is 0 Å². The molecule has 7 nitrogen and oxygen atoms in total. The molecule has 2 aromatic carbocycles. The third-order valence-corrected chi connectivity index (χ3v) is 10.8. The Balaban J connectivity index is 1.06. The van der Waals surface area contributed by atoms with Crippen LogP contribution in [0.2, 0.25) is 0 Å². The first-order chi connectivity index (χ1) is 20.6. The van der Waals surface area contributed by atoms with Gasteiger partial charge in [0, 0.05) is 17.3 Å². The Morgan fingerprint density at radius 1 is 0.907 bits per heavy atom.